The van der Waals surface area contributed by atoms with Crippen molar-refractivity contribution in [2.75, 3.05) is 5.32 Å². The smallest absolute Gasteiger partial charge is 0.291 e. The second-order valence-electron chi connectivity index (χ2n) is 5.24. The van der Waals surface area contributed by atoms with Gasteiger partial charge >= 0.3 is 0 Å². The number of halogens is 2. The maximum Gasteiger partial charge on any atom is 0.291 e. The van der Waals surface area contributed by atoms with Gasteiger partial charge in [-0.15, -0.1) is 0 Å². The molecule has 0 aliphatic heterocycles. The highest BCUT2D eigenvalue weighted by molar-refractivity contribution is 9.10. The van der Waals surface area contributed by atoms with Crippen molar-refractivity contribution in [1.29, 1.82) is 5.26 Å². The van der Waals surface area contributed by atoms with E-state index in [0.29, 0.717) is 27.8 Å². The summed E-state index contributed by atoms with van der Waals surface area (Å²) in [5, 5.41) is 12.2. The summed E-state index contributed by atoms with van der Waals surface area (Å²) in [5.41, 5.74) is 0.802. The van der Waals surface area contributed by atoms with E-state index in [4.69, 9.17) is 26.0 Å². The first kappa shape index (κ1) is 18.1. The van der Waals surface area contributed by atoms with Crippen LogP contribution in [-0.4, -0.2) is 5.91 Å². The standard InChI is InChI=1S/C19H12BrClN2O3/c20-13-5-7-17(15(21)9-13)25-11-14-6-8-18(26-14)19(24)23-16-4-2-1-3-12(16)10-22/h1-9H,11H2,(H,23,24). The SMILES string of the molecule is N#Cc1ccccc1NC(=O)c1ccc(COc2ccc(Br)cc2Cl)o1. The molecule has 3 aromatic rings. The molecule has 1 amide bonds. The zero-order chi connectivity index (χ0) is 18.5. The van der Waals surface area contributed by atoms with Gasteiger partial charge in [0.1, 0.15) is 24.2 Å². The lowest BCUT2D eigenvalue weighted by molar-refractivity contribution is 0.0992. The summed E-state index contributed by atoms with van der Waals surface area (Å²) in [6.07, 6.45) is 0. The number of amides is 1. The topological polar surface area (TPSA) is 75.3 Å². The second-order valence-corrected chi connectivity index (χ2v) is 6.56. The van der Waals surface area contributed by atoms with E-state index >= 15 is 0 Å². The Bertz CT molecular complexity index is 994. The molecule has 0 radical (unpaired) electrons. The van der Waals surface area contributed by atoms with Crippen LogP contribution < -0.4 is 10.1 Å². The highest BCUT2D eigenvalue weighted by atomic mass is 79.9. The van der Waals surface area contributed by atoms with Gasteiger partial charge in [0.2, 0.25) is 0 Å². The third-order valence-electron chi connectivity index (χ3n) is 3.45. The highest BCUT2D eigenvalue weighted by Crippen LogP contribution is 2.28. The molecule has 1 N–H and O–H groups in total. The third-order valence-corrected chi connectivity index (χ3v) is 4.23. The Labute approximate surface area is 163 Å². The first-order valence-corrected chi connectivity index (χ1v) is 8.71. The van der Waals surface area contributed by atoms with Crippen molar-refractivity contribution in [3.8, 4) is 11.8 Å². The van der Waals surface area contributed by atoms with Gasteiger partial charge in [-0.05, 0) is 42.5 Å². The van der Waals surface area contributed by atoms with Crippen LogP contribution in [0.3, 0.4) is 0 Å². The Morgan fingerprint density at radius 2 is 2.04 bits per heavy atom. The molecule has 0 atom stereocenters. The molecule has 0 aliphatic rings. The van der Waals surface area contributed by atoms with Crippen molar-refractivity contribution in [2.45, 2.75) is 6.61 Å². The molecule has 26 heavy (non-hydrogen) atoms. The number of carbonyl (C=O) groups is 1. The van der Waals surface area contributed by atoms with Crippen molar-refractivity contribution in [3.05, 3.63) is 81.2 Å². The fourth-order valence-electron chi connectivity index (χ4n) is 2.19. The van der Waals surface area contributed by atoms with E-state index < -0.39 is 5.91 Å². The number of benzene rings is 2. The molecule has 0 fully saturated rings. The third kappa shape index (κ3) is 4.26. The van der Waals surface area contributed by atoms with E-state index in [1.165, 1.54) is 0 Å². The molecule has 7 heteroatoms. The molecule has 0 unspecified atom stereocenters. The van der Waals surface area contributed by atoms with Gasteiger partial charge in [-0.25, -0.2) is 0 Å². The molecule has 2 aromatic carbocycles. The number of rotatable bonds is 5. The molecule has 130 valence electrons. The van der Waals surface area contributed by atoms with Gasteiger partial charge in [0.25, 0.3) is 5.91 Å². The lowest BCUT2D eigenvalue weighted by atomic mass is 10.2. The Morgan fingerprint density at radius 3 is 2.81 bits per heavy atom. The molecule has 5 nitrogen and oxygen atoms in total. The molecule has 1 heterocycles. The zero-order valence-electron chi connectivity index (χ0n) is 13.3. The van der Waals surface area contributed by atoms with Crippen molar-refractivity contribution >= 4 is 39.1 Å². The minimum atomic E-state index is -0.444. The normalized spacial score (nSPS) is 10.2. The van der Waals surface area contributed by atoms with E-state index in [9.17, 15) is 4.79 Å². The zero-order valence-corrected chi connectivity index (χ0v) is 15.7. The predicted molar refractivity (Wildman–Crippen MR) is 101 cm³/mol. The van der Waals surface area contributed by atoms with Gasteiger partial charge < -0.3 is 14.5 Å². The van der Waals surface area contributed by atoms with Gasteiger partial charge in [0, 0.05) is 4.47 Å². The number of nitrogens with one attached hydrogen (secondary N) is 1. The monoisotopic (exact) mass is 430 g/mol. The van der Waals surface area contributed by atoms with Crippen molar-refractivity contribution in [3.63, 3.8) is 0 Å². The Hall–Kier alpha value is -2.75. The van der Waals surface area contributed by atoms with E-state index in [-0.39, 0.29) is 12.4 Å². The first-order valence-electron chi connectivity index (χ1n) is 7.54. The number of hydrogen-bond acceptors (Lipinski definition) is 4. The molecule has 0 saturated carbocycles. The van der Waals surface area contributed by atoms with Crippen LogP contribution in [0.2, 0.25) is 5.02 Å². The minimum absolute atomic E-state index is 0.123. The number of nitriles is 1. The molecule has 0 bridgehead atoms. The van der Waals surface area contributed by atoms with Crippen LogP contribution in [0.5, 0.6) is 5.75 Å². The molecule has 0 aliphatic carbocycles. The Balaban J connectivity index is 1.65. The van der Waals surface area contributed by atoms with Crippen LogP contribution in [0.4, 0.5) is 5.69 Å². The molecular formula is C19H12BrClN2O3. The molecule has 3 rings (SSSR count). The van der Waals surface area contributed by atoms with Crippen LogP contribution in [0.1, 0.15) is 21.9 Å². The van der Waals surface area contributed by atoms with Crippen molar-refractivity contribution in [1.82, 2.24) is 0 Å². The highest BCUT2D eigenvalue weighted by Gasteiger charge is 2.14. The van der Waals surface area contributed by atoms with Crippen LogP contribution >= 0.6 is 27.5 Å². The van der Waals surface area contributed by atoms with Crippen LogP contribution in [-0.2, 0) is 6.61 Å². The van der Waals surface area contributed by atoms with E-state index in [0.717, 1.165) is 4.47 Å². The largest absolute Gasteiger partial charge is 0.484 e. The molecule has 1 aromatic heterocycles. The molecule has 0 saturated heterocycles. The molecular weight excluding hydrogens is 420 g/mol. The number of anilines is 1. The summed E-state index contributed by atoms with van der Waals surface area (Å²) in [4.78, 5) is 12.3. The maximum absolute atomic E-state index is 12.3. The lowest BCUT2D eigenvalue weighted by Gasteiger charge is -2.07. The predicted octanol–water partition coefficient (Wildman–Crippen LogP) is 5.40. The number of nitrogens with zero attached hydrogens (tertiary/aromatic N) is 1. The summed E-state index contributed by atoms with van der Waals surface area (Å²) in [6.45, 7) is 0.128. The average molecular weight is 432 g/mol. The fourth-order valence-corrected chi connectivity index (χ4v) is 2.92. The van der Waals surface area contributed by atoms with Gasteiger partial charge in [-0.3, -0.25) is 4.79 Å². The second kappa shape index (κ2) is 8.09. The van der Waals surface area contributed by atoms with Crippen molar-refractivity contribution in [2.24, 2.45) is 0 Å². The minimum Gasteiger partial charge on any atom is -0.484 e. The molecule has 0 spiro atoms. The number of furan rings is 1. The lowest BCUT2D eigenvalue weighted by Crippen LogP contribution is -2.11. The summed E-state index contributed by atoms with van der Waals surface area (Å²) < 4.78 is 12.0. The van der Waals surface area contributed by atoms with E-state index in [1.807, 2.05) is 12.1 Å². The van der Waals surface area contributed by atoms with Crippen molar-refractivity contribution < 1.29 is 13.9 Å². The van der Waals surface area contributed by atoms with Gasteiger partial charge in [0.05, 0.1) is 16.3 Å². The van der Waals surface area contributed by atoms with Gasteiger partial charge in [-0.2, -0.15) is 5.26 Å². The van der Waals surface area contributed by atoms with Crippen LogP contribution in [0, 0.1) is 11.3 Å². The van der Waals surface area contributed by atoms with E-state index in [2.05, 4.69) is 21.2 Å². The summed E-state index contributed by atoms with van der Waals surface area (Å²) in [7, 11) is 0. The number of para-hydroxylation sites is 1. The fraction of sp³-hybridized carbons (Fsp3) is 0.0526. The van der Waals surface area contributed by atoms with E-state index in [1.54, 1.807) is 48.5 Å². The maximum atomic E-state index is 12.3. The number of hydrogen-bond donors (Lipinski definition) is 1. The summed E-state index contributed by atoms with van der Waals surface area (Å²) in [5.74, 6) is 0.668. The van der Waals surface area contributed by atoms with Gasteiger partial charge in [-0.1, -0.05) is 39.7 Å². The first-order chi connectivity index (χ1) is 12.6. The Kier molecular flexibility index (Phi) is 5.61. The summed E-state index contributed by atoms with van der Waals surface area (Å²) in [6, 6.07) is 17.2. The number of carbonyl (C=O) groups excluding carboxylic acids is 1. The van der Waals surface area contributed by atoms with Gasteiger partial charge in [0.15, 0.2) is 5.76 Å². The van der Waals surface area contributed by atoms with Crippen LogP contribution in [0.25, 0.3) is 0 Å². The summed E-state index contributed by atoms with van der Waals surface area (Å²) >= 11 is 9.42. The van der Waals surface area contributed by atoms with Crippen LogP contribution in [0.15, 0.2) is 63.5 Å². The number of ether oxygens (including phenoxy) is 1. The average Bonchev–Trinajstić information content (AvgIpc) is 3.10. The quantitative estimate of drug-likeness (QED) is 0.587. The Morgan fingerprint density at radius 1 is 1.23 bits per heavy atom.